The minimum atomic E-state index is -4.36. The number of allylic oxidation sites excluding steroid dienone is 13. The number of nitrogens with two attached hydrogens (primary N) is 1. The van der Waals surface area contributed by atoms with Crippen LogP contribution in [0.25, 0.3) is 0 Å². The van der Waals surface area contributed by atoms with Crippen molar-refractivity contribution in [3.05, 3.63) is 85.1 Å². The van der Waals surface area contributed by atoms with Crippen LogP contribution in [0.15, 0.2) is 85.1 Å². The molecule has 0 aromatic rings. The Morgan fingerprint density at radius 2 is 1.02 bits per heavy atom. The van der Waals surface area contributed by atoms with Crippen LogP contribution >= 0.6 is 7.82 Å². The zero-order valence-electron chi connectivity index (χ0n) is 37.0. The largest absolute Gasteiger partial charge is 0.472 e. The number of nitrogens with one attached hydrogen (secondary N) is 1. The Hall–Kier alpha value is -2.32. The first kappa shape index (κ1) is 55.7. The minimum absolute atomic E-state index is 0.0677. The quantitative estimate of drug-likeness (QED) is 0.0274. The van der Waals surface area contributed by atoms with E-state index in [2.05, 4.69) is 92.1 Å². The Balaban J connectivity index is 4.24. The maximum absolute atomic E-state index is 12.8. The van der Waals surface area contributed by atoms with Crippen LogP contribution in [0.4, 0.5) is 0 Å². The van der Waals surface area contributed by atoms with Crippen LogP contribution in [0.5, 0.6) is 0 Å². The van der Waals surface area contributed by atoms with Gasteiger partial charge in [-0.3, -0.25) is 13.8 Å². The molecule has 8 nitrogen and oxygen atoms in total. The average molecular weight is 831 g/mol. The van der Waals surface area contributed by atoms with Crippen molar-refractivity contribution in [1.82, 2.24) is 5.32 Å². The summed E-state index contributed by atoms with van der Waals surface area (Å²) >= 11 is 0. The zero-order chi connectivity index (χ0) is 42.5. The Bertz CT molecular complexity index is 1180. The van der Waals surface area contributed by atoms with Crippen LogP contribution in [-0.2, 0) is 18.4 Å². The first-order chi connectivity index (χ1) is 28.4. The molecular formula is C49H87N2O6P. The number of hydrogen-bond donors (Lipinski definition) is 4. The van der Waals surface area contributed by atoms with Crippen LogP contribution in [0.1, 0.15) is 187 Å². The van der Waals surface area contributed by atoms with Gasteiger partial charge in [0.2, 0.25) is 5.91 Å². The number of carbonyl (C=O) groups is 1. The number of phosphoric ester groups is 1. The van der Waals surface area contributed by atoms with E-state index >= 15 is 0 Å². The van der Waals surface area contributed by atoms with E-state index < -0.39 is 20.0 Å². The molecule has 9 heteroatoms. The second-order valence-electron chi connectivity index (χ2n) is 15.2. The van der Waals surface area contributed by atoms with Crippen molar-refractivity contribution in [3.63, 3.8) is 0 Å². The third-order valence-electron chi connectivity index (χ3n) is 9.70. The molecule has 0 fully saturated rings. The van der Waals surface area contributed by atoms with E-state index in [1.54, 1.807) is 6.08 Å². The van der Waals surface area contributed by atoms with Gasteiger partial charge < -0.3 is 21.1 Å². The fourth-order valence-electron chi connectivity index (χ4n) is 6.23. The molecular weight excluding hydrogens is 744 g/mol. The van der Waals surface area contributed by atoms with Crippen LogP contribution in [0, 0.1) is 0 Å². The summed E-state index contributed by atoms with van der Waals surface area (Å²) in [5, 5.41) is 13.7. The molecule has 0 saturated carbocycles. The maximum Gasteiger partial charge on any atom is 0.472 e. The standard InChI is InChI=1S/C49H87N2O6P/c1-3-5-7-9-11-13-15-17-19-21-22-23-24-25-26-27-29-31-33-35-37-39-41-43-49(53)51-47(46-57-58(54,55)56-45-44-50)48(52)42-40-38-36-34-32-30-28-20-18-16-14-12-10-8-6-4-2/h5,7,11,13,17,19,22-23,25-26,32,34,40,42,47-48,52H,3-4,6,8-10,12,14-16,18,20-21,24,27-31,33,35-39,41,43-46,50H2,1-2H3,(H,51,53)(H,54,55)/b7-5-,13-11-,19-17-,23-22-,26-25-,34-32+,42-40+. The van der Waals surface area contributed by atoms with E-state index in [0.717, 1.165) is 83.5 Å². The number of aliphatic hydroxyl groups excluding tert-OH is 1. The van der Waals surface area contributed by atoms with Crippen molar-refractivity contribution in [2.45, 2.75) is 199 Å². The van der Waals surface area contributed by atoms with E-state index in [9.17, 15) is 19.4 Å². The molecule has 0 radical (unpaired) electrons. The summed E-state index contributed by atoms with van der Waals surface area (Å²) < 4.78 is 22.1. The molecule has 0 rings (SSSR count). The molecule has 0 aliphatic carbocycles. The Morgan fingerprint density at radius 3 is 1.53 bits per heavy atom. The fraction of sp³-hybridized carbons (Fsp3) is 0.694. The molecule has 3 atom stereocenters. The lowest BCUT2D eigenvalue weighted by Gasteiger charge is -2.23. The van der Waals surface area contributed by atoms with E-state index in [-0.39, 0.29) is 25.7 Å². The smallest absolute Gasteiger partial charge is 0.387 e. The van der Waals surface area contributed by atoms with Crippen molar-refractivity contribution >= 4 is 13.7 Å². The van der Waals surface area contributed by atoms with Crippen LogP contribution in [-0.4, -0.2) is 47.8 Å². The first-order valence-electron chi connectivity index (χ1n) is 23.2. The molecule has 0 aliphatic rings. The summed E-state index contributed by atoms with van der Waals surface area (Å²) in [7, 11) is -4.36. The third-order valence-corrected chi connectivity index (χ3v) is 10.7. The van der Waals surface area contributed by atoms with E-state index in [1.165, 1.54) is 83.5 Å². The SMILES string of the molecule is CC/C=C\C/C=C\C/C=C\C/C=C\C/C=C\CCCCCCCCCC(=O)NC(COP(=O)(O)OCCN)C(O)/C=C/CC/C=C/CCCCCCCCCCCC. The highest BCUT2D eigenvalue weighted by Gasteiger charge is 2.26. The number of rotatable bonds is 42. The Kier molecular flexibility index (Phi) is 42.5. The molecule has 0 saturated heterocycles. The van der Waals surface area contributed by atoms with Gasteiger partial charge in [-0.25, -0.2) is 4.57 Å². The molecule has 0 aromatic heterocycles. The Labute approximate surface area is 356 Å². The molecule has 1 amide bonds. The number of unbranched alkanes of at least 4 members (excludes halogenated alkanes) is 18. The topological polar surface area (TPSA) is 131 Å². The summed E-state index contributed by atoms with van der Waals surface area (Å²) in [6.07, 6.45) is 59.2. The van der Waals surface area contributed by atoms with Gasteiger partial charge >= 0.3 is 7.82 Å². The molecule has 3 unspecified atom stereocenters. The fourth-order valence-corrected chi connectivity index (χ4v) is 6.99. The summed E-state index contributed by atoms with van der Waals surface area (Å²) in [6, 6.07) is -0.888. The number of hydrogen-bond acceptors (Lipinski definition) is 6. The van der Waals surface area contributed by atoms with Gasteiger partial charge in [-0.1, -0.05) is 189 Å². The van der Waals surface area contributed by atoms with Crippen molar-refractivity contribution in [2.24, 2.45) is 5.73 Å². The number of amides is 1. The summed E-state index contributed by atoms with van der Waals surface area (Å²) in [6.45, 7) is 3.98. The van der Waals surface area contributed by atoms with Crippen LogP contribution < -0.4 is 11.1 Å². The summed E-state index contributed by atoms with van der Waals surface area (Å²) in [4.78, 5) is 22.7. The van der Waals surface area contributed by atoms with Crippen molar-refractivity contribution in [3.8, 4) is 0 Å². The minimum Gasteiger partial charge on any atom is -0.387 e. The average Bonchev–Trinajstić information content (AvgIpc) is 3.21. The molecule has 0 aromatic carbocycles. The van der Waals surface area contributed by atoms with Crippen LogP contribution in [0.2, 0.25) is 0 Å². The predicted octanol–water partition coefficient (Wildman–Crippen LogP) is 13.4. The molecule has 5 N–H and O–H groups in total. The van der Waals surface area contributed by atoms with Crippen molar-refractivity contribution < 1.29 is 28.4 Å². The molecule has 0 spiro atoms. The van der Waals surface area contributed by atoms with Gasteiger partial charge in [0.05, 0.1) is 25.4 Å². The number of aliphatic hydroxyl groups is 1. The van der Waals surface area contributed by atoms with Gasteiger partial charge in [-0.2, -0.15) is 0 Å². The molecule has 58 heavy (non-hydrogen) atoms. The van der Waals surface area contributed by atoms with Crippen LogP contribution in [0.3, 0.4) is 0 Å². The monoisotopic (exact) mass is 831 g/mol. The van der Waals surface area contributed by atoms with E-state index in [0.29, 0.717) is 6.42 Å². The number of carbonyl (C=O) groups excluding carboxylic acids is 1. The Morgan fingerprint density at radius 1 is 0.586 bits per heavy atom. The number of phosphoric acid groups is 1. The van der Waals surface area contributed by atoms with Crippen molar-refractivity contribution in [2.75, 3.05) is 19.8 Å². The van der Waals surface area contributed by atoms with E-state index in [1.807, 2.05) is 6.08 Å². The predicted molar refractivity (Wildman–Crippen MR) is 249 cm³/mol. The molecule has 0 bridgehead atoms. The highest BCUT2D eigenvalue weighted by Crippen LogP contribution is 2.43. The van der Waals surface area contributed by atoms with Crippen molar-refractivity contribution in [1.29, 1.82) is 0 Å². The first-order valence-corrected chi connectivity index (χ1v) is 24.7. The van der Waals surface area contributed by atoms with Gasteiger partial charge in [-0.15, -0.1) is 0 Å². The van der Waals surface area contributed by atoms with Gasteiger partial charge in [0.25, 0.3) is 0 Å². The normalized spacial score (nSPS) is 14.8. The molecule has 334 valence electrons. The lowest BCUT2D eigenvalue weighted by atomic mass is 10.1. The summed E-state index contributed by atoms with van der Waals surface area (Å²) in [5.74, 6) is -0.219. The maximum atomic E-state index is 12.8. The second-order valence-corrected chi connectivity index (χ2v) is 16.7. The highest BCUT2D eigenvalue weighted by atomic mass is 31.2. The third kappa shape index (κ3) is 41.8. The molecule has 0 aliphatic heterocycles. The zero-order valence-corrected chi connectivity index (χ0v) is 37.9. The summed E-state index contributed by atoms with van der Waals surface area (Å²) in [5.41, 5.74) is 5.38. The van der Waals surface area contributed by atoms with Gasteiger partial charge in [0.1, 0.15) is 0 Å². The van der Waals surface area contributed by atoms with Gasteiger partial charge in [-0.05, 0) is 77.0 Å². The highest BCUT2D eigenvalue weighted by molar-refractivity contribution is 7.47. The van der Waals surface area contributed by atoms with Gasteiger partial charge in [0.15, 0.2) is 0 Å². The lowest BCUT2D eigenvalue weighted by Crippen LogP contribution is -2.45. The van der Waals surface area contributed by atoms with Gasteiger partial charge in [0, 0.05) is 13.0 Å². The van der Waals surface area contributed by atoms with E-state index in [4.69, 9.17) is 14.8 Å². The lowest BCUT2D eigenvalue weighted by molar-refractivity contribution is -0.123. The molecule has 0 heterocycles. The second kappa shape index (κ2) is 44.2.